The number of rotatable bonds is 10. The number of aromatic nitrogens is 3. The van der Waals surface area contributed by atoms with Crippen molar-refractivity contribution in [2.24, 2.45) is 7.05 Å². The van der Waals surface area contributed by atoms with Gasteiger partial charge in [-0.2, -0.15) is 0 Å². The molecule has 3 heterocycles. The second kappa shape index (κ2) is 10.9. The largest absolute Gasteiger partial charge is 0.497 e. The standard InChI is InChI=1S/C24H30FN5O3/c1-5-19(33-4)8-6-16(2)12-26-14-20-22(24(31)32)29(3)23(28-20)17-7-9-21(27-13-17)30-11-10-18(25)15-30/h5-9,13,18,26H,2,10-12,14-15H2,1,3-4H3,(H,31,32)/b8-6-,19-5+. The van der Waals surface area contributed by atoms with Crippen LogP contribution >= 0.6 is 0 Å². The Balaban J connectivity index is 1.71. The average molecular weight is 456 g/mol. The van der Waals surface area contributed by atoms with Crippen molar-refractivity contribution in [3.8, 4) is 11.4 Å². The van der Waals surface area contributed by atoms with Crippen LogP contribution in [-0.4, -0.2) is 58.5 Å². The zero-order valence-electron chi connectivity index (χ0n) is 19.2. The van der Waals surface area contributed by atoms with Gasteiger partial charge in [-0.25, -0.2) is 19.2 Å². The number of anilines is 1. The van der Waals surface area contributed by atoms with Crippen LogP contribution in [0.3, 0.4) is 0 Å². The molecule has 1 aliphatic rings. The molecule has 0 bridgehead atoms. The summed E-state index contributed by atoms with van der Waals surface area (Å²) in [6.45, 7) is 7.58. The fraction of sp³-hybridized carbons (Fsp3) is 0.375. The molecule has 1 aliphatic heterocycles. The number of methoxy groups -OCH3 is 1. The lowest BCUT2D eigenvalue weighted by atomic mass is 10.2. The van der Waals surface area contributed by atoms with E-state index >= 15 is 0 Å². The molecule has 1 fully saturated rings. The molecule has 176 valence electrons. The number of allylic oxidation sites excluding steroid dienone is 2. The number of halogens is 1. The van der Waals surface area contributed by atoms with Gasteiger partial charge in [0.1, 0.15) is 23.6 Å². The highest BCUT2D eigenvalue weighted by molar-refractivity contribution is 5.88. The summed E-state index contributed by atoms with van der Waals surface area (Å²) < 4.78 is 20.2. The Morgan fingerprint density at radius 2 is 2.21 bits per heavy atom. The monoisotopic (exact) mass is 455 g/mol. The SMILES string of the molecule is C=C(/C=C\C(=C/C)OC)CNCc1nc(-c2ccc(N3CCC(F)C3)nc2)n(C)c1C(=O)O. The van der Waals surface area contributed by atoms with E-state index in [1.807, 2.05) is 42.2 Å². The van der Waals surface area contributed by atoms with E-state index in [2.05, 4.69) is 21.9 Å². The second-order valence-corrected chi connectivity index (χ2v) is 7.82. The molecule has 2 aromatic rings. The predicted molar refractivity (Wildman–Crippen MR) is 126 cm³/mol. The Morgan fingerprint density at radius 3 is 2.79 bits per heavy atom. The summed E-state index contributed by atoms with van der Waals surface area (Å²) in [4.78, 5) is 22.8. The van der Waals surface area contributed by atoms with Crippen molar-refractivity contribution in [3.05, 3.63) is 65.9 Å². The number of hydrogen-bond donors (Lipinski definition) is 2. The maximum absolute atomic E-state index is 13.5. The number of carboxylic acid groups (broad SMARTS) is 1. The highest BCUT2D eigenvalue weighted by Crippen LogP contribution is 2.25. The zero-order valence-corrected chi connectivity index (χ0v) is 19.2. The highest BCUT2D eigenvalue weighted by Gasteiger charge is 2.24. The van der Waals surface area contributed by atoms with Gasteiger partial charge in [0.25, 0.3) is 0 Å². The number of hydrogen-bond acceptors (Lipinski definition) is 6. The quantitative estimate of drug-likeness (QED) is 0.419. The van der Waals surface area contributed by atoms with Crippen LogP contribution in [0.5, 0.6) is 0 Å². The predicted octanol–water partition coefficient (Wildman–Crippen LogP) is 3.48. The third-order valence-corrected chi connectivity index (χ3v) is 5.48. The molecule has 3 rings (SSSR count). The van der Waals surface area contributed by atoms with Crippen molar-refractivity contribution in [2.45, 2.75) is 26.1 Å². The lowest BCUT2D eigenvalue weighted by Crippen LogP contribution is -2.20. The normalized spacial score (nSPS) is 16.5. The van der Waals surface area contributed by atoms with E-state index in [1.54, 1.807) is 24.9 Å². The maximum Gasteiger partial charge on any atom is 0.354 e. The van der Waals surface area contributed by atoms with Gasteiger partial charge in [-0.05, 0) is 43.2 Å². The Bertz CT molecular complexity index is 1060. The smallest absolute Gasteiger partial charge is 0.354 e. The molecule has 9 heteroatoms. The van der Waals surface area contributed by atoms with Gasteiger partial charge in [0, 0.05) is 38.4 Å². The maximum atomic E-state index is 13.5. The Morgan fingerprint density at radius 1 is 1.42 bits per heavy atom. The summed E-state index contributed by atoms with van der Waals surface area (Å²) in [7, 11) is 3.27. The number of carboxylic acids is 1. The average Bonchev–Trinajstić information content (AvgIpc) is 3.37. The number of alkyl halides is 1. The van der Waals surface area contributed by atoms with Gasteiger partial charge >= 0.3 is 5.97 Å². The van der Waals surface area contributed by atoms with Crippen molar-refractivity contribution in [2.75, 3.05) is 31.6 Å². The van der Waals surface area contributed by atoms with Gasteiger partial charge in [0.05, 0.1) is 19.3 Å². The number of nitrogens with zero attached hydrogens (tertiary/aromatic N) is 4. The molecule has 1 unspecified atom stereocenters. The zero-order chi connectivity index (χ0) is 24.0. The van der Waals surface area contributed by atoms with Crippen molar-refractivity contribution in [3.63, 3.8) is 0 Å². The summed E-state index contributed by atoms with van der Waals surface area (Å²) in [5.41, 5.74) is 2.04. The highest BCUT2D eigenvalue weighted by atomic mass is 19.1. The molecular formula is C24H30FN5O3. The van der Waals surface area contributed by atoms with Crippen molar-refractivity contribution in [1.29, 1.82) is 0 Å². The third-order valence-electron chi connectivity index (χ3n) is 5.48. The summed E-state index contributed by atoms with van der Waals surface area (Å²) >= 11 is 0. The number of nitrogens with one attached hydrogen (secondary N) is 1. The summed E-state index contributed by atoms with van der Waals surface area (Å²) in [5, 5.41) is 12.9. The molecular weight excluding hydrogens is 425 g/mol. The number of ether oxygens (including phenoxy) is 1. The van der Waals surface area contributed by atoms with E-state index in [0.717, 1.165) is 11.3 Å². The van der Waals surface area contributed by atoms with Crippen LogP contribution in [0.1, 0.15) is 29.5 Å². The first kappa shape index (κ1) is 24.2. The molecule has 33 heavy (non-hydrogen) atoms. The minimum Gasteiger partial charge on any atom is -0.497 e. The molecule has 1 saturated heterocycles. The Labute approximate surface area is 193 Å². The van der Waals surface area contributed by atoms with Gasteiger partial charge in [0.2, 0.25) is 0 Å². The molecule has 8 nitrogen and oxygen atoms in total. The van der Waals surface area contributed by atoms with Crippen LogP contribution < -0.4 is 10.2 Å². The van der Waals surface area contributed by atoms with Crippen LogP contribution in [0.15, 0.2) is 54.5 Å². The van der Waals surface area contributed by atoms with Gasteiger partial charge in [-0.3, -0.25) is 0 Å². The number of carbonyl (C=O) groups is 1. The first-order chi connectivity index (χ1) is 15.8. The fourth-order valence-corrected chi connectivity index (χ4v) is 3.72. The van der Waals surface area contributed by atoms with Gasteiger partial charge in [0.15, 0.2) is 5.69 Å². The molecule has 2 N–H and O–H groups in total. The number of pyridine rings is 1. The van der Waals surface area contributed by atoms with Crippen LogP contribution in [0, 0.1) is 0 Å². The minimum atomic E-state index is -1.06. The van der Waals surface area contributed by atoms with Crippen molar-refractivity contribution >= 4 is 11.8 Å². The molecule has 0 spiro atoms. The van der Waals surface area contributed by atoms with Crippen molar-refractivity contribution < 1.29 is 19.0 Å². The van der Waals surface area contributed by atoms with E-state index in [0.29, 0.717) is 49.0 Å². The Kier molecular flexibility index (Phi) is 8.00. The number of aromatic carboxylic acids is 1. The topological polar surface area (TPSA) is 92.5 Å². The van der Waals surface area contributed by atoms with E-state index in [4.69, 9.17) is 4.74 Å². The van der Waals surface area contributed by atoms with Crippen LogP contribution in [0.25, 0.3) is 11.4 Å². The molecule has 0 saturated carbocycles. The number of imidazole rings is 1. The van der Waals surface area contributed by atoms with Crippen molar-refractivity contribution in [1.82, 2.24) is 19.9 Å². The molecule has 0 aliphatic carbocycles. The van der Waals surface area contributed by atoms with Gasteiger partial charge < -0.3 is 24.6 Å². The summed E-state index contributed by atoms with van der Waals surface area (Å²) in [5.74, 6) is 0.881. The third kappa shape index (κ3) is 5.87. The van der Waals surface area contributed by atoms with Crippen LogP contribution in [0.4, 0.5) is 10.2 Å². The molecule has 0 aromatic carbocycles. The van der Waals surface area contributed by atoms with Crippen LogP contribution in [0.2, 0.25) is 0 Å². The van der Waals surface area contributed by atoms with E-state index < -0.39 is 12.1 Å². The van der Waals surface area contributed by atoms with E-state index in [9.17, 15) is 14.3 Å². The fourth-order valence-electron chi connectivity index (χ4n) is 3.72. The van der Waals surface area contributed by atoms with E-state index in [-0.39, 0.29) is 12.2 Å². The second-order valence-electron chi connectivity index (χ2n) is 7.82. The molecule has 0 radical (unpaired) electrons. The molecule has 0 amide bonds. The molecule has 2 aromatic heterocycles. The van der Waals surface area contributed by atoms with Crippen LogP contribution in [-0.2, 0) is 18.3 Å². The lowest BCUT2D eigenvalue weighted by molar-refractivity contribution is 0.0685. The Hall–Kier alpha value is -3.46. The van der Waals surface area contributed by atoms with E-state index in [1.165, 1.54) is 0 Å². The lowest BCUT2D eigenvalue weighted by Gasteiger charge is -2.16. The first-order valence-corrected chi connectivity index (χ1v) is 10.7. The minimum absolute atomic E-state index is 0.109. The molecule has 1 atom stereocenters. The summed E-state index contributed by atoms with van der Waals surface area (Å²) in [6, 6.07) is 3.65. The van der Waals surface area contributed by atoms with Gasteiger partial charge in [-0.15, -0.1) is 0 Å². The summed E-state index contributed by atoms with van der Waals surface area (Å²) in [6.07, 6.45) is 6.83. The van der Waals surface area contributed by atoms with Gasteiger partial charge in [-0.1, -0.05) is 12.7 Å². The first-order valence-electron chi connectivity index (χ1n) is 10.7.